The molecule has 6 nitrogen and oxygen atoms in total. The van der Waals surface area contributed by atoms with E-state index < -0.39 is 0 Å². The standard InChI is InChI=1S/C23H31N3O3S/c1-4-22(27)24-18-9-10-21(25(2)3)17(13-18)15-26(16-19-7-5-11-29-19)23(28)14-20-8-6-12-30-20/h6,8-10,12-13,19H,4-5,7,11,14-16H2,1-3H3,(H,24,27). The fourth-order valence-corrected chi connectivity index (χ4v) is 4.34. The summed E-state index contributed by atoms with van der Waals surface area (Å²) in [5.41, 5.74) is 2.79. The lowest BCUT2D eigenvalue weighted by atomic mass is 10.1. The summed E-state index contributed by atoms with van der Waals surface area (Å²) in [6, 6.07) is 9.85. The Bertz CT molecular complexity index is 845. The second-order valence-corrected chi connectivity index (χ2v) is 8.84. The molecule has 3 rings (SSSR count). The molecule has 1 aliphatic rings. The summed E-state index contributed by atoms with van der Waals surface area (Å²) in [5, 5.41) is 4.92. The number of nitrogens with zero attached hydrogens (tertiary/aromatic N) is 2. The average molecular weight is 430 g/mol. The molecule has 1 atom stereocenters. The highest BCUT2D eigenvalue weighted by molar-refractivity contribution is 7.10. The largest absolute Gasteiger partial charge is 0.377 e. The summed E-state index contributed by atoms with van der Waals surface area (Å²) in [6.45, 7) is 3.66. The van der Waals surface area contributed by atoms with Crippen molar-refractivity contribution >= 4 is 34.5 Å². The molecule has 0 radical (unpaired) electrons. The zero-order chi connectivity index (χ0) is 21.5. The zero-order valence-corrected chi connectivity index (χ0v) is 18.8. The number of amides is 2. The Morgan fingerprint density at radius 1 is 1.27 bits per heavy atom. The molecule has 1 saturated heterocycles. The number of hydrogen-bond acceptors (Lipinski definition) is 5. The molecule has 1 aromatic carbocycles. The molecule has 2 heterocycles. The number of thiophene rings is 1. The van der Waals surface area contributed by atoms with Crippen molar-refractivity contribution in [2.75, 3.05) is 37.5 Å². The van der Waals surface area contributed by atoms with Gasteiger partial charge in [-0.3, -0.25) is 9.59 Å². The van der Waals surface area contributed by atoms with Crippen LogP contribution in [0, 0.1) is 0 Å². The first kappa shape index (κ1) is 22.3. The van der Waals surface area contributed by atoms with Gasteiger partial charge in [0.2, 0.25) is 11.8 Å². The molecule has 1 aliphatic heterocycles. The van der Waals surface area contributed by atoms with Gasteiger partial charge in [0.25, 0.3) is 0 Å². The van der Waals surface area contributed by atoms with Crippen molar-refractivity contribution in [3.63, 3.8) is 0 Å². The Kier molecular flexibility index (Phi) is 7.87. The number of anilines is 2. The lowest BCUT2D eigenvalue weighted by Crippen LogP contribution is -2.38. The quantitative estimate of drug-likeness (QED) is 0.656. The lowest BCUT2D eigenvalue weighted by Gasteiger charge is -2.28. The number of benzene rings is 1. The van der Waals surface area contributed by atoms with Gasteiger partial charge >= 0.3 is 0 Å². The maximum absolute atomic E-state index is 13.2. The van der Waals surface area contributed by atoms with E-state index >= 15 is 0 Å². The van der Waals surface area contributed by atoms with Crippen LogP contribution < -0.4 is 10.2 Å². The fraction of sp³-hybridized carbons (Fsp3) is 0.478. The number of hydrogen-bond donors (Lipinski definition) is 1. The smallest absolute Gasteiger partial charge is 0.228 e. The van der Waals surface area contributed by atoms with E-state index in [-0.39, 0.29) is 17.9 Å². The molecule has 30 heavy (non-hydrogen) atoms. The number of ether oxygens (including phenoxy) is 1. The first-order chi connectivity index (χ1) is 14.5. The van der Waals surface area contributed by atoms with Gasteiger partial charge in [-0.05, 0) is 48.1 Å². The Labute approximate surface area is 182 Å². The molecule has 0 saturated carbocycles. The Morgan fingerprint density at radius 3 is 2.73 bits per heavy atom. The van der Waals surface area contributed by atoms with E-state index in [9.17, 15) is 9.59 Å². The number of rotatable bonds is 9. The fourth-order valence-electron chi connectivity index (χ4n) is 3.64. The number of nitrogens with one attached hydrogen (secondary N) is 1. The Morgan fingerprint density at radius 2 is 2.10 bits per heavy atom. The predicted molar refractivity (Wildman–Crippen MR) is 122 cm³/mol. The van der Waals surface area contributed by atoms with Crippen molar-refractivity contribution in [1.29, 1.82) is 0 Å². The van der Waals surface area contributed by atoms with Crippen LogP contribution in [0.25, 0.3) is 0 Å². The predicted octanol–water partition coefficient (Wildman–Crippen LogP) is 3.91. The second-order valence-electron chi connectivity index (χ2n) is 7.81. The van der Waals surface area contributed by atoms with Gasteiger partial charge in [-0.25, -0.2) is 0 Å². The SMILES string of the molecule is CCC(=O)Nc1ccc(N(C)C)c(CN(CC2CCCO2)C(=O)Cc2cccs2)c1. The van der Waals surface area contributed by atoms with Crippen LogP contribution in [0.3, 0.4) is 0 Å². The van der Waals surface area contributed by atoms with Crippen LogP contribution in [0.15, 0.2) is 35.7 Å². The van der Waals surface area contributed by atoms with E-state index in [1.165, 1.54) is 0 Å². The van der Waals surface area contributed by atoms with Crippen LogP contribution in [0.4, 0.5) is 11.4 Å². The van der Waals surface area contributed by atoms with Gasteiger partial charge in [0.1, 0.15) is 0 Å². The van der Waals surface area contributed by atoms with Gasteiger partial charge in [0, 0.05) is 56.5 Å². The van der Waals surface area contributed by atoms with Crippen molar-refractivity contribution in [2.45, 2.75) is 45.3 Å². The first-order valence-corrected chi connectivity index (χ1v) is 11.4. The third kappa shape index (κ3) is 6.06. The van der Waals surface area contributed by atoms with Crippen molar-refractivity contribution < 1.29 is 14.3 Å². The van der Waals surface area contributed by atoms with Gasteiger partial charge in [0.05, 0.1) is 12.5 Å². The molecular weight excluding hydrogens is 398 g/mol. The minimum Gasteiger partial charge on any atom is -0.377 e. The van der Waals surface area contributed by atoms with Gasteiger partial charge in [-0.2, -0.15) is 0 Å². The maximum Gasteiger partial charge on any atom is 0.228 e. The van der Waals surface area contributed by atoms with Crippen LogP contribution in [0.1, 0.15) is 36.6 Å². The van der Waals surface area contributed by atoms with Crippen molar-refractivity contribution in [3.05, 3.63) is 46.2 Å². The molecule has 1 N–H and O–H groups in total. The van der Waals surface area contributed by atoms with Crippen LogP contribution in [0.2, 0.25) is 0 Å². The molecular formula is C23H31N3O3S. The van der Waals surface area contributed by atoms with Gasteiger partial charge in [-0.15, -0.1) is 11.3 Å². The zero-order valence-electron chi connectivity index (χ0n) is 18.0. The van der Waals surface area contributed by atoms with Crippen molar-refractivity contribution in [2.24, 2.45) is 0 Å². The van der Waals surface area contributed by atoms with Crippen LogP contribution in [-0.2, 0) is 27.3 Å². The normalized spacial score (nSPS) is 15.8. The molecule has 2 aromatic rings. The lowest BCUT2D eigenvalue weighted by molar-refractivity contribution is -0.132. The van der Waals surface area contributed by atoms with Crippen LogP contribution in [0.5, 0.6) is 0 Å². The second kappa shape index (κ2) is 10.6. The van der Waals surface area contributed by atoms with E-state index in [1.54, 1.807) is 11.3 Å². The molecule has 2 amide bonds. The van der Waals surface area contributed by atoms with E-state index in [0.717, 1.165) is 41.3 Å². The van der Waals surface area contributed by atoms with Gasteiger partial charge in [0.15, 0.2) is 0 Å². The van der Waals surface area contributed by atoms with Gasteiger partial charge < -0.3 is 19.9 Å². The molecule has 1 fully saturated rings. The minimum atomic E-state index is -0.0245. The third-order valence-electron chi connectivity index (χ3n) is 5.23. The third-order valence-corrected chi connectivity index (χ3v) is 6.11. The molecule has 7 heteroatoms. The van der Waals surface area contributed by atoms with E-state index in [2.05, 4.69) is 5.32 Å². The Hall–Kier alpha value is -2.38. The summed E-state index contributed by atoms with van der Waals surface area (Å²) in [7, 11) is 3.97. The highest BCUT2D eigenvalue weighted by Gasteiger charge is 2.24. The van der Waals surface area contributed by atoms with Gasteiger partial charge in [-0.1, -0.05) is 13.0 Å². The van der Waals surface area contributed by atoms with Crippen LogP contribution in [-0.4, -0.2) is 50.1 Å². The molecule has 0 bridgehead atoms. The molecule has 162 valence electrons. The topological polar surface area (TPSA) is 61.9 Å². The summed E-state index contributed by atoms with van der Waals surface area (Å²) in [5.74, 6) is 0.0733. The van der Waals surface area contributed by atoms with E-state index in [4.69, 9.17) is 4.74 Å². The molecule has 1 aromatic heterocycles. The average Bonchev–Trinajstić information content (AvgIpc) is 3.41. The first-order valence-electron chi connectivity index (χ1n) is 10.5. The number of carbonyl (C=O) groups excluding carboxylic acids is 2. The summed E-state index contributed by atoms with van der Waals surface area (Å²) >= 11 is 1.60. The summed E-state index contributed by atoms with van der Waals surface area (Å²) < 4.78 is 5.82. The molecule has 0 aliphatic carbocycles. The minimum absolute atomic E-state index is 0.0245. The molecule has 0 spiro atoms. The van der Waals surface area contributed by atoms with E-state index in [0.29, 0.717) is 25.9 Å². The summed E-state index contributed by atoms with van der Waals surface area (Å²) in [4.78, 5) is 30.0. The summed E-state index contributed by atoms with van der Waals surface area (Å²) in [6.07, 6.45) is 2.93. The van der Waals surface area contributed by atoms with Crippen molar-refractivity contribution in [3.8, 4) is 0 Å². The monoisotopic (exact) mass is 429 g/mol. The molecule has 1 unspecified atom stereocenters. The highest BCUT2D eigenvalue weighted by atomic mass is 32.1. The number of carbonyl (C=O) groups is 2. The van der Waals surface area contributed by atoms with Crippen molar-refractivity contribution in [1.82, 2.24) is 4.90 Å². The van der Waals surface area contributed by atoms with Crippen LogP contribution >= 0.6 is 11.3 Å². The highest BCUT2D eigenvalue weighted by Crippen LogP contribution is 2.26. The Balaban J connectivity index is 1.84. The maximum atomic E-state index is 13.2. The van der Waals surface area contributed by atoms with E-state index in [1.807, 2.05) is 66.5 Å².